The lowest BCUT2D eigenvalue weighted by Gasteiger charge is -2.26. The van der Waals surface area contributed by atoms with Gasteiger partial charge in [0.1, 0.15) is 0 Å². The monoisotopic (exact) mass is 289 g/mol. The van der Waals surface area contributed by atoms with Crippen LogP contribution in [0.2, 0.25) is 0 Å². The molecular formula is C19H19N3. The lowest BCUT2D eigenvalue weighted by atomic mass is 10.1. The highest BCUT2D eigenvalue weighted by molar-refractivity contribution is 5.78. The summed E-state index contributed by atoms with van der Waals surface area (Å²) in [5, 5.41) is 0. The van der Waals surface area contributed by atoms with E-state index in [2.05, 4.69) is 36.1 Å². The van der Waals surface area contributed by atoms with Gasteiger partial charge in [0.05, 0.1) is 0 Å². The smallest absolute Gasteiger partial charge is 0.0464 e. The molecule has 0 saturated carbocycles. The predicted molar refractivity (Wildman–Crippen MR) is 94.7 cm³/mol. The molecule has 3 rings (SSSR count). The van der Waals surface area contributed by atoms with Crippen LogP contribution in [0.25, 0.3) is 0 Å². The van der Waals surface area contributed by atoms with E-state index >= 15 is 0 Å². The maximum Gasteiger partial charge on any atom is 0.0464 e. The Balaban J connectivity index is 2.13. The minimum Gasteiger partial charge on any atom is -0.399 e. The fourth-order valence-electron chi connectivity index (χ4n) is 2.46. The second kappa shape index (κ2) is 5.82. The maximum absolute atomic E-state index is 5.81. The minimum atomic E-state index is 0.755. The molecule has 0 amide bonds. The van der Waals surface area contributed by atoms with E-state index in [1.807, 2.05) is 48.5 Å². The highest BCUT2D eigenvalue weighted by Crippen LogP contribution is 2.35. The van der Waals surface area contributed by atoms with Crippen LogP contribution in [-0.4, -0.2) is 0 Å². The first-order valence-electron chi connectivity index (χ1n) is 7.21. The molecule has 3 aromatic rings. The number of hydrogen-bond donors (Lipinski definition) is 2. The minimum absolute atomic E-state index is 0.755. The molecule has 0 spiro atoms. The largest absolute Gasteiger partial charge is 0.399 e. The van der Waals surface area contributed by atoms with E-state index in [1.54, 1.807) is 0 Å². The number of rotatable bonds is 3. The molecule has 3 heteroatoms. The van der Waals surface area contributed by atoms with Crippen molar-refractivity contribution in [3.8, 4) is 0 Å². The fraction of sp³-hybridized carbons (Fsp3) is 0.0526. The van der Waals surface area contributed by atoms with E-state index in [9.17, 15) is 0 Å². The summed E-state index contributed by atoms with van der Waals surface area (Å²) in [6.45, 7) is 2.09. The number of anilines is 5. The maximum atomic E-state index is 5.81. The van der Waals surface area contributed by atoms with Crippen LogP contribution >= 0.6 is 0 Å². The summed E-state index contributed by atoms with van der Waals surface area (Å²) in [4.78, 5) is 2.19. The second-order valence-electron chi connectivity index (χ2n) is 5.36. The second-order valence-corrected chi connectivity index (χ2v) is 5.36. The van der Waals surface area contributed by atoms with Crippen LogP contribution in [0.1, 0.15) is 5.56 Å². The molecule has 0 aromatic heterocycles. The number of nitrogen functional groups attached to an aromatic ring is 2. The predicted octanol–water partition coefficient (Wildman–Crippen LogP) is 4.63. The van der Waals surface area contributed by atoms with Crippen molar-refractivity contribution in [2.45, 2.75) is 6.92 Å². The average Bonchev–Trinajstić information content (AvgIpc) is 2.51. The summed E-state index contributed by atoms with van der Waals surface area (Å²) in [7, 11) is 0. The molecule has 0 radical (unpaired) electrons. The van der Waals surface area contributed by atoms with Gasteiger partial charge in [-0.05, 0) is 73.2 Å². The van der Waals surface area contributed by atoms with Crippen LogP contribution in [0.3, 0.4) is 0 Å². The van der Waals surface area contributed by atoms with E-state index in [-0.39, 0.29) is 0 Å². The Morgan fingerprint density at radius 1 is 0.636 bits per heavy atom. The van der Waals surface area contributed by atoms with Gasteiger partial charge in [0.2, 0.25) is 0 Å². The molecular weight excluding hydrogens is 270 g/mol. The first-order valence-corrected chi connectivity index (χ1v) is 7.21. The molecule has 0 aliphatic carbocycles. The van der Waals surface area contributed by atoms with Crippen molar-refractivity contribution in [2.24, 2.45) is 0 Å². The van der Waals surface area contributed by atoms with Gasteiger partial charge < -0.3 is 16.4 Å². The van der Waals surface area contributed by atoms with Gasteiger partial charge >= 0.3 is 0 Å². The van der Waals surface area contributed by atoms with Gasteiger partial charge in [0.15, 0.2) is 0 Å². The molecule has 0 aliphatic rings. The van der Waals surface area contributed by atoms with E-state index in [0.717, 1.165) is 28.4 Å². The van der Waals surface area contributed by atoms with Crippen LogP contribution in [-0.2, 0) is 0 Å². The zero-order valence-corrected chi connectivity index (χ0v) is 12.5. The van der Waals surface area contributed by atoms with E-state index in [1.165, 1.54) is 5.56 Å². The van der Waals surface area contributed by atoms with Gasteiger partial charge in [-0.2, -0.15) is 0 Å². The van der Waals surface area contributed by atoms with Gasteiger partial charge in [-0.15, -0.1) is 0 Å². The van der Waals surface area contributed by atoms with Gasteiger partial charge in [0, 0.05) is 28.4 Å². The number of benzene rings is 3. The number of aryl methyl sites for hydroxylation is 1. The van der Waals surface area contributed by atoms with Gasteiger partial charge in [-0.1, -0.05) is 12.1 Å². The molecule has 0 bridgehead atoms. The molecule has 110 valence electrons. The molecule has 0 fully saturated rings. The van der Waals surface area contributed by atoms with Crippen LogP contribution in [0, 0.1) is 6.92 Å². The van der Waals surface area contributed by atoms with Crippen LogP contribution in [0.4, 0.5) is 28.4 Å². The first-order chi connectivity index (χ1) is 10.6. The number of nitrogens with two attached hydrogens (primary N) is 2. The summed E-state index contributed by atoms with van der Waals surface area (Å²) in [5.74, 6) is 0. The van der Waals surface area contributed by atoms with Crippen molar-refractivity contribution in [1.82, 2.24) is 0 Å². The number of hydrogen-bond acceptors (Lipinski definition) is 3. The zero-order chi connectivity index (χ0) is 15.5. The summed E-state index contributed by atoms with van der Waals surface area (Å²) in [5.41, 5.74) is 17.6. The summed E-state index contributed by atoms with van der Waals surface area (Å²) < 4.78 is 0. The third kappa shape index (κ3) is 2.88. The van der Waals surface area contributed by atoms with Crippen molar-refractivity contribution < 1.29 is 0 Å². The highest BCUT2D eigenvalue weighted by atomic mass is 15.1. The lowest BCUT2D eigenvalue weighted by Crippen LogP contribution is -2.10. The van der Waals surface area contributed by atoms with E-state index in [0.29, 0.717) is 0 Å². The number of nitrogens with zero attached hydrogens (tertiary/aromatic N) is 1. The molecule has 0 saturated heterocycles. The molecule has 3 aromatic carbocycles. The van der Waals surface area contributed by atoms with Gasteiger partial charge in [-0.25, -0.2) is 0 Å². The van der Waals surface area contributed by atoms with Gasteiger partial charge in [0.25, 0.3) is 0 Å². The molecule has 0 unspecified atom stereocenters. The standard InChI is InChI=1S/C19H19N3/c1-14-3-2-4-19(13-14)22(17-9-5-15(20)6-10-17)18-11-7-16(21)8-12-18/h2-13H,20-21H2,1H3. The fourth-order valence-corrected chi connectivity index (χ4v) is 2.46. The van der Waals surface area contributed by atoms with Crippen molar-refractivity contribution >= 4 is 28.4 Å². The Morgan fingerprint density at radius 2 is 1.14 bits per heavy atom. The topological polar surface area (TPSA) is 55.3 Å². The summed E-state index contributed by atoms with van der Waals surface area (Å²) >= 11 is 0. The molecule has 22 heavy (non-hydrogen) atoms. The van der Waals surface area contributed by atoms with Crippen molar-refractivity contribution in [2.75, 3.05) is 16.4 Å². The normalized spacial score (nSPS) is 10.4. The van der Waals surface area contributed by atoms with Crippen LogP contribution in [0.5, 0.6) is 0 Å². The van der Waals surface area contributed by atoms with Crippen LogP contribution < -0.4 is 16.4 Å². The van der Waals surface area contributed by atoms with Crippen molar-refractivity contribution in [3.05, 3.63) is 78.4 Å². The highest BCUT2D eigenvalue weighted by Gasteiger charge is 2.12. The third-order valence-electron chi connectivity index (χ3n) is 3.56. The van der Waals surface area contributed by atoms with Crippen molar-refractivity contribution in [3.63, 3.8) is 0 Å². The first kappa shape index (κ1) is 14.0. The molecule has 0 atom stereocenters. The molecule has 3 nitrogen and oxygen atoms in total. The SMILES string of the molecule is Cc1cccc(N(c2ccc(N)cc2)c2ccc(N)cc2)c1. The van der Waals surface area contributed by atoms with Crippen molar-refractivity contribution in [1.29, 1.82) is 0 Å². The molecule has 4 N–H and O–H groups in total. The zero-order valence-electron chi connectivity index (χ0n) is 12.5. The molecule has 0 aliphatic heterocycles. The van der Waals surface area contributed by atoms with Crippen LogP contribution in [0.15, 0.2) is 72.8 Å². The summed E-state index contributed by atoms with van der Waals surface area (Å²) in [6, 6.07) is 24.1. The third-order valence-corrected chi connectivity index (χ3v) is 3.56. The van der Waals surface area contributed by atoms with E-state index in [4.69, 9.17) is 11.5 Å². The molecule has 0 heterocycles. The van der Waals surface area contributed by atoms with E-state index < -0.39 is 0 Å². The Morgan fingerprint density at radius 3 is 1.59 bits per heavy atom. The quantitative estimate of drug-likeness (QED) is 0.691. The lowest BCUT2D eigenvalue weighted by molar-refractivity contribution is 1.27. The Bertz CT molecular complexity index is 716. The Labute approximate surface area is 130 Å². The average molecular weight is 289 g/mol. The van der Waals surface area contributed by atoms with Gasteiger partial charge in [-0.3, -0.25) is 0 Å². The Kier molecular flexibility index (Phi) is 3.71. The Hall–Kier alpha value is -2.94. The summed E-state index contributed by atoms with van der Waals surface area (Å²) in [6.07, 6.45) is 0.